The van der Waals surface area contributed by atoms with Gasteiger partial charge in [0.2, 0.25) is 5.95 Å². The van der Waals surface area contributed by atoms with Crippen molar-refractivity contribution in [2.75, 3.05) is 37.4 Å². The number of aromatic nitrogens is 6. The second kappa shape index (κ2) is 6.67. The second-order valence-electron chi connectivity index (χ2n) is 6.26. The van der Waals surface area contributed by atoms with Crippen molar-refractivity contribution in [3.05, 3.63) is 24.5 Å². The number of nitrogen functional groups attached to an aromatic ring is 1. The van der Waals surface area contributed by atoms with Gasteiger partial charge in [-0.1, -0.05) is 0 Å². The highest BCUT2D eigenvalue weighted by atomic mass is 16.5. The molecule has 0 spiro atoms. The third-order valence-corrected chi connectivity index (χ3v) is 4.65. The lowest BCUT2D eigenvalue weighted by atomic mass is 9.97. The number of fused-ring (bicyclic) bond motifs is 1. The standard InChI is InChI=1S/C16H22N8O/c1-25-8-7-23-6-4-18-14(23)11-3-2-5-24(9-11)15-12-13(20-10-19-12)21-16(17)22-15/h4,6,10-11H,2-3,5,7-9H2,1H3,(H3,17,19,20,21,22)/t11-/m1/s1. The van der Waals surface area contributed by atoms with Crippen LogP contribution in [0.1, 0.15) is 24.6 Å². The molecule has 0 aliphatic carbocycles. The maximum Gasteiger partial charge on any atom is 0.224 e. The third-order valence-electron chi connectivity index (χ3n) is 4.65. The summed E-state index contributed by atoms with van der Waals surface area (Å²) in [6.45, 7) is 3.26. The number of ether oxygens (including phenoxy) is 1. The number of rotatable bonds is 5. The van der Waals surface area contributed by atoms with E-state index in [4.69, 9.17) is 10.5 Å². The van der Waals surface area contributed by atoms with Gasteiger partial charge in [0, 0.05) is 45.1 Å². The normalized spacial score (nSPS) is 18.1. The van der Waals surface area contributed by atoms with Crippen LogP contribution in [0, 0.1) is 0 Å². The second-order valence-corrected chi connectivity index (χ2v) is 6.26. The number of nitrogens with two attached hydrogens (primary N) is 1. The first-order chi connectivity index (χ1) is 12.3. The Labute approximate surface area is 145 Å². The predicted octanol–water partition coefficient (Wildman–Crippen LogP) is 1.16. The van der Waals surface area contributed by atoms with E-state index in [2.05, 4.69) is 34.4 Å². The predicted molar refractivity (Wildman–Crippen MR) is 94.4 cm³/mol. The molecule has 1 fully saturated rings. The summed E-state index contributed by atoms with van der Waals surface area (Å²) in [6, 6.07) is 0. The van der Waals surface area contributed by atoms with Gasteiger partial charge in [0.15, 0.2) is 11.5 Å². The van der Waals surface area contributed by atoms with Gasteiger partial charge in [0.05, 0.1) is 12.9 Å². The Balaban J connectivity index is 1.61. The Kier molecular flexibility index (Phi) is 4.22. The van der Waals surface area contributed by atoms with Crippen LogP contribution in [0.25, 0.3) is 11.2 Å². The van der Waals surface area contributed by atoms with Crippen LogP contribution in [-0.4, -0.2) is 56.3 Å². The smallest absolute Gasteiger partial charge is 0.224 e. The molecule has 0 amide bonds. The minimum Gasteiger partial charge on any atom is -0.383 e. The molecule has 0 radical (unpaired) electrons. The van der Waals surface area contributed by atoms with Crippen LogP contribution in [0.15, 0.2) is 18.7 Å². The molecular weight excluding hydrogens is 320 g/mol. The molecule has 1 aliphatic rings. The van der Waals surface area contributed by atoms with E-state index < -0.39 is 0 Å². The molecule has 3 N–H and O–H groups in total. The molecule has 4 rings (SSSR count). The van der Waals surface area contributed by atoms with Gasteiger partial charge < -0.3 is 24.9 Å². The van der Waals surface area contributed by atoms with E-state index in [1.165, 1.54) is 0 Å². The SMILES string of the molecule is COCCn1ccnc1[C@@H]1CCCN(c2nc(N)nc3nc[nH]c23)C1. The molecule has 3 aromatic rings. The van der Waals surface area contributed by atoms with E-state index >= 15 is 0 Å². The highest BCUT2D eigenvalue weighted by Gasteiger charge is 2.27. The van der Waals surface area contributed by atoms with Gasteiger partial charge in [-0.2, -0.15) is 9.97 Å². The topological polar surface area (TPSA) is 111 Å². The van der Waals surface area contributed by atoms with E-state index in [1.54, 1.807) is 13.4 Å². The Bertz CT molecular complexity index is 857. The molecule has 4 heterocycles. The highest BCUT2D eigenvalue weighted by Crippen LogP contribution is 2.31. The van der Waals surface area contributed by atoms with Gasteiger partial charge in [-0.25, -0.2) is 9.97 Å². The maximum atomic E-state index is 5.87. The molecule has 1 saturated heterocycles. The fourth-order valence-corrected chi connectivity index (χ4v) is 3.50. The minimum atomic E-state index is 0.248. The van der Waals surface area contributed by atoms with Gasteiger partial charge in [-0.05, 0) is 12.8 Å². The van der Waals surface area contributed by atoms with Gasteiger partial charge in [-0.15, -0.1) is 0 Å². The molecule has 9 nitrogen and oxygen atoms in total. The van der Waals surface area contributed by atoms with Crippen molar-refractivity contribution < 1.29 is 4.74 Å². The van der Waals surface area contributed by atoms with Crippen LogP contribution >= 0.6 is 0 Å². The highest BCUT2D eigenvalue weighted by molar-refractivity contribution is 5.84. The maximum absolute atomic E-state index is 5.87. The largest absolute Gasteiger partial charge is 0.383 e. The van der Waals surface area contributed by atoms with Gasteiger partial charge in [-0.3, -0.25) is 0 Å². The Morgan fingerprint density at radius 1 is 1.36 bits per heavy atom. The average Bonchev–Trinajstić information content (AvgIpc) is 3.28. The van der Waals surface area contributed by atoms with Crippen LogP contribution in [0.3, 0.4) is 0 Å². The van der Waals surface area contributed by atoms with Crippen molar-refractivity contribution in [1.29, 1.82) is 0 Å². The lowest BCUT2D eigenvalue weighted by molar-refractivity contribution is 0.185. The zero-order chi connectivity index (χ0) is 17.2. The first-order valence-corrected chi connectivity index (χ1v) is 8.47. The molecular formula is C16H22N8O. The van der Waals surface area contributed by atoms with Crippen molar-refractivity contribution >= 4 is 22.9 Å². The molecule has 132 valence electrons. The van der Waals surface area contributed by atoms with Crippen molar-refractivity contribution in [1.82, 2.24) is 29.5 Å². The summed E-state index contributed by atoms with van der Waals surface area (Å²) < 4.78 is 7.38. The molecule has 1 atom stereocenters. The lowest BCUT2D eigenvalue weighted by Gasteiger charge is -2.33. The van der Waals surface area contributed by atoms with E-state index in [0.29, 0.717) is 18.2 Å². The summed E-state index contributed by atoms with van der Waals surface area (Å²) in [5.41, 5.74) is 7.30. The fourth-order valence-electron chi connectivity index (χ4n) is 3.50. The molecule has 0 saturated carbocycles. The monoisotopic (exact) mass is 342 g/mol. The number of imidazole rings is 2. The fraction of sp³-hybridized carbons (Fsp3) is 0.500. The Hall–Kier alpha value is -2.68. The van der Waals surface area contributed by atoms with E-state index in [-0.39, 0.29) is 5.95 Å². The summed E-state index contributed by atoms with van der Waals surface area (Å²) in [5.74, 6) is 2.51. The zero-order valence-electron chi connectivity index (χ0n) is 14.2. The van der Waals surface area contributed by atoms with E-state index in [0.717, 1.165) is 49.6 Å². The molecule has 3 aromatic heterocycles. The van der Waals surface area contributed by atoms with Gasteiger partial charge in [0.25, 0.3) is 0 Å². The minimum absolute atomic E-state index is 0.248. The van der Waals surface area contributed by atoms with Crippen molar-refractivity contribution in [3.63, 3.8) is 0 Å². The number of nitrogens with zero attached hydrogens (tertiary/aromatic N) is 6. The molecule has 0 unspecified atom stereocenters. The van der Waals surface area contributed by atoms with Crippen molar-refractivity contribution in [3.8, 4) is 0 Å². The van der Waals surface area contributed by atoms with Gasteiger partial charge >= 0.3 is 0 Å². The van der Waals surface area contributed by atoms with Crippen molar-refractivity contribution in [2.45, 2.75) is 25.3 Å². The number of H-pyrrole nitrogens is 1. The zero-order valence-corrected chi connectivity index (χ0v) is 14.2. The summed E-state index contributed by atoms with van der Waals surface area (Å²) in [4.78, 5) is 22.8. The van der Waals surface area contributed by atoms with Crippen LogP contribution in [0.2, 0.25) is 0 Å². The molecule has 0 aromatic carbocycles. The summed E-state index contributed by atoms with van der Waals surface area (Å²) in [7, 11) is 1.72. The number of aromatic amines is 1. The molecule has 1 aliphatic heterocycles. The van der Waals surface area contributed by atoms with Crippen LogP contribution in [-0.2, 0) is 11.3 Å². The number of hydrogen-bond acceptors (Lipinski definition) is 7. The Morgan fingerprint density at radius 2 is 2.28 bits per heavy atom. The number of nitrogens with one attached hydrogen (secondary N) is 1. The number of hydrogen-bond donors (Lipinski definition) is 2. The molecule has 0 bridgehead atoms. The molecule has 9 heteroatoms. The summed E-state index contributed by atoms with van der Waals surface area (Å²) in [5, 5.41) is 0. The van der Waals surface area contributed by atoms with Gasteiger partial charge in [0.1, 0.15) is 11.3 Å². The van der Waals surface area contributed by atoms with E-state index in [9.17, 15) is 0 Å². The lowest BCUT2D eigenvalue weighted by Crippen LogP contribution is -2.36. The summed E-state index contributed by atoms with van der Waals surface area (Å²) in [6.07, 6.45) is 7.68. The van der Waals surface area contributed by atoms with Crippen LogP contribution in [0.5, 0.6) is 0 Å². The number of anilines is 2. The van der Waals surface area contributed by atoms with Crippen LogP contribution in [0.4, 0.5) is 11.8 Å². The van der Waals surface area contributed by atoms with E-state index in [1.807, 2.05) is 12.4 Å². The Morgan fingerprint density at radius 3 is 3.16 bits per heavy atom. The number of piperidine rings is 1. The third kappa shape index (κ3) is 3.02. The first kappa shape index (κ1) is 15.8. The van der Waals surface area contributed by atoms with Crippen molar-refractivity contribution in [2.24, 2.45) is 0 Å². The molecule has 25 heavy (non-hydrogen) atoms. The summed E-state index contributed by atoms with van der Waals surface area (Å²) >= 11 is 0. The first-order valence-electron chi connectivity index (χ1n) is 8.47. The quantitative estimate of drug-likeness (QED) is 0.716. The number of methoxy groups -OCH3 is 1. The van der Waals surface area contributed by atoms with Crippen LogP contribution < -0.4 is 10.6 Å². The average molecular weight is 342 g/mol.